The monoisotopic (exact) mass is 321 g/mol. The first-order valence-corrected chi connectivity index (χ1v) is 8.44. The van der Waals surface area contributed by atoms with Crippen molar-refractivity contribution >= 4 is 6.03 Å². The summed E-state index contributed by atoms with van der Waals surface area (Å²) in [5, 5.41) is 7.08. The first-order chi connectivity index (χ1) is 10.9. The van der Waals surface area contributed by atoms with Crippen LogP contribution in [0.15, 0.2) is 4.52 Å². The number of amides is 2. The Bertz CT molecular complexity index is 563. The zero-order valence-electron chi connectivity index (χ0n) is 14.5. The van der Waals surface area contributed by atoms with E-state index in [0.717, 1.165) is 44.7 Å². The molecule has 0 radical (unpaired) electrons. The Hall–Kier alpha value is -1.63. The van der Waals surface area contributed by atoms with Crippen LogP contribution in [0.2, 0.25) is 0 Å². The van der Waals surface area contributed by atoms with E-state index in [-0.39, 0.29) is 23.5 Å². The van der Waals surface area contributed by atoms with Gasteiger partial charge in [0.05, 0.1) is 6.04 Å². The average molecular weight is 321 g/mol. The van der Waals surface area contributed by atoms with Crippen molar-refractivity contribution in [3.8, 4) is 0 Å². The fourth-order valence-electron chi connectivity index (χ4n) is 3.89. The van der Waals surface area contributed by atoms with Crippen LogP contribution < -0.4 is 5.32 Å². The Kier molecular flexibility index (Phi) is 4.31. The van der Waals surface area contributed by atoms with E-state index in [0.29, 0.717) is 5.89 Å². The van der Waals surface area contributed by atoms with Crippen LogP contribution in [0.4, 0.5) is 4.79 Å². The number of piperidine rings is 1. The van der Waals surface area contributed by atoms with Crippen molar-refractivity contribution in [3.63, 3.8) is 0 Å². The van der Waals surface area contributed by atoms with Crippen LogP contribution in [0.1, 0.15) is 50.9 Å². The second-order valence-corrected chi connectivity index (χ2v) is 7.40. The second-order valence-electron chi connectivity index (χ2n) is 7.40. The molecule has 2 aliphatic rings. The van der Waals surface area contributed by atoms with Crippen LogP contribution in [-0.2, 0) is 0 Å². The summed E-state index contributed by atoms with van der Waals surface area (Å²) in [6.45, 7) is 8.49. The Morgan fingerprint density at radius 1 is 1.39 bits per heavy atom. The Morgan fingerprint density at radius 3 is 2.65 bits per heavy atom. The lowest BCUT2D eigenvalue weighted by Crippen LogP contribution is -2.49. The van der Waals surface area contributed by atoms with E-state index >= 15 is 0 Å². The maximum absolute atomic E-state index is 12.1. The van der Waals surface area contributed by atoms with Gasteiger partial charge in [-0.15, -0.1) is 0 Å². The smallest absolute Gasteiger partial charge is 0.317 e. The van der Waals surface area contributed by atoms with Crippen molar-refractivity contribution in [1.82, 2.24) is 25.3 Å². The number of aryl methyl sites for hydroxylation is 1. The predicted octanol–water partition coefficient (Wildman–Crippen LogP) is 1.95. The molecule has 23 heavy (non-hydrogen) atoms. The summed E-state index contributed by atoms with van der Waals surface area (Å²) >= 11 is 0. The number of carbonyl (C=O) groups excluding carboxylic acids is 1. The van der Waals surface area contributed by atoms with Gasteiger partial charge in [-0.05, 0) is 45.6 Å². The van der Waals surface area contributed by atoms with Gasteiger partial charge in [0.1, 0.15) is 0 Å². The Labute approximate surface area is 137 Å². The van der Waals surface area contributed by atoms with E-state index in [1.165, 1.54) is 0 Å². The number of nitrogens with one attached hydrogen (secondary N) is 1. The number of urea groups is 1. The minimum Gasteiger partial charge on any atom is -0.340 e. The van der Waals surface area contributed by atoms with Gasteiger partial charge in [0.15, 0.2) is 5.82 Å². The number of hydrogen-bond donors (Lipinski definition) is 1. The molecule has 2 aliphatic heterocycles. The summed E-state index contributed by atoms with van der Waals surface area (Å²) in [6.07, 6.45) is 3.12. The molecule has 1 unspecified atom stereocenters. The lowest BCUT2D eigenvalue weighted by molar-refractivity contribution is 0.121. The van der Waals surface area contributed by atoms with Gasteiger partial charge in [-0.25, -0.2) is 4.79 Å². The van der Waals surface area contributed by atoms with Gasteiger partial charge < -0.3 is 14.7 Å². The van der Waals surface area contributed by atoms with Crippen LogP contribution in [-0.4, -0.2) is 58.7 Å². The minimum absolute atomic E-state index is 0.0616. The topological polar surface area (TPSA) is 74.5 Å². The third-order valence-electron chi connectivity index (χ3n) is 5.11. The van der Waals surface area contributed by atoms with Crippen molar-refractivity contribution in [2.24, 2.45) is 5.41 Å². The third kappa shape index (κ3) is 3.34. The average Bonchev–Trinajstić information content (AvgIpc) is 3.03. The zero-order chi connectivity index (χ0) is 16.6. The highest BCUT2D eigenvalue weighted by atomic mass is 16.5. The Morgan fingerprint density at radius 2 is 2.09 bits per heavy atom. The summed E-state index contributed by atoms with van der Waals surface area (Å²) in [5.74, 6) is 1.41. The molecule has 7 heteroatoms. The first kappa shape index (κ1) is 16.2. The molecule has 2 saturated heterocycles. The molecule has 128 valence electrons. The van der Waals surface area contributed by atoms with Crippen molar-refractivity contribution in [3.05, 3.63) is 11.7 Å². The van der Waals surface area contributed by atoms with Gasteiger partial charge in [-0.1, -0.05) is 5.16 Å². The molecule has 0 saturated carbocycles. The molecule has 7 nitrogen and oxygen atoms in total. The summed E-state index contributed by atoms with van der Waals surface area (Å²) in [5.41, 5.74) is 0.266. The second kappa shape index (κ2) is 6.11. The zero-order valence-corrected chi connectivity index (χ0v) is 14.5. The van der Waals surface area contributed by atoms with Crippen molar-refractivity contribution < 1.29 is 9.32 Å². The van der Waals surface area contributed by atoms with Gasteiger partial charge in [0.25, 0.3) is 0 Å². The number of likely N-dealkylation sites (tertiary alicyclic amines) is 2. The first-order valence-electron chi connectivity index (χ1n) is 8.44. The van der Waals surface area contributed by atoms with Crippen molar-refractivity contribution in [1.29, 1.82) is 0 Å². The SMILES string of the molecule is Cc1nc(C2CC3(CCN(C(=O)NC(C)C)CC3)CN2C)no1. The van der Waals surface area contributed by atoms with E-state index in [9.17, 15) is 4.79 Å². The fourth-order valence-corrected chi connectivity index (χ4v) is 3.89. The van der Waals surface area contributed by atoms with Crippen molar-refractivity contribution in [2.45, 2.75) is 52.1 Å². The molecule has 1 aromatic heterocycles. The van der Waals surface area contributed by atoms with Gasteiger partial charge >= 0.3 is 6.03 Å². The standard InChI is InChI=1S/C16H27N5O2/c1-11(2)17-15(22)21-7-5-16(6-8-21)9-13(20(4)10-16)14-18-12(3)23-19-14/h11,13H,5-10H2,1-4H3,(H,17,22). The van der Waals surface area contributed by atoms with Crippen LogP contribution in [0, 0.1) is 12.3 Å². The van der Waals surface area contributed by atoms with Gasteiger partial charge in [-0.2, -0.15) is 4.98 Å². The Balaban J connectivity index is 1.61. The van der Waals surface area contributed by atoms with Gasteiger partial charge in [-0.3, -0.25) is 4.90 Å². The van der Waals surface area contributed by atoms with E-state index in [4.69, 9.17) is 4.52 Å². The van der Waals surface area contributed by atoms with E-state index in [1.54, 1.807) is 0 Å². The summed E-state index contributed by atoms with van der Waals surface area (Å²) < 4.78 is 5.14. The van der Waals surface area contributed by atoms with E-state index < -0.39 is 0 Å². The maximum Gasteiger partial charge on any atom is 0.317 e. The number of aromatic nitrogens is 2. The third-order valence-corrected chi connectivity index (χ3v) is 5.11. The van der Waals surface area contributed by atoms with Crippen LogP contribution >= 0.6 is 0 Å². The van der Waals surface area contributed by atoms with E-state index in [1.807, 2.05) is 25.7 Å². The number of carbonyl (C=O) groups is 1. The molecular formula is C16H27N5O2. The predicted molar refractivity (Wildman–Crippen MR) is 85.9 cm³/mol. The summed E-state index contributed by atoms with van der Waals surface area (Å²) in [6, 6.07) is 0.469. The fraction of sp³-hybridized carbons (Fsp3) is 0.812. The normalized spacial score (nSPS) is 24.6. The van der Waals surface area contributed by atoms with Crippen molar-refractivity contribution in [2.75, 3.05) is 26.7 Å². The largest absolute Gasteiger partial charge is 0.340 e. The molecule has 3 heterocycles. The number of rotatable bonds is 2. The molecule has 0 bridgehead atoms. The highest BCUT2D eigenvalue weighted by Crippen LogP contribution is 2.47. The number of hydrogen-bond acceptors (Lipinski definition) is 5. The quantitative estimate of drug-likeness (QED) is 0.901. The molecule has 2 fully saturated rings. The van der Waals surface area contributed by atoms with Crippen LogP contribution in [0.25, 0.3) is 0 Å². The molecule has 1 aromatic rings. The molecule has 1 N–H and O–H groups in total. The van der Waals surface area contributed by atoms with Gasteiger partial charge in [0.2, 0.25) is 5.89 Å². The van der Waals surface area contributed by atoms with Crippen LogP contribution in [0.3, 0.4) is 0 Å². The lowest BCUT2D eigenvalue weighted by atomic mass is 9.76. The molecule has 3 rings (SSSR count). The molecule has 1 atom stereocenters. The summed E-state index contributed by atoms with van der Waals surface area (Å²) in [7, 11) is 2.13. The highest BCUT2D eigenvalue weighted by Gasteiger charge is 2.46. The highest BCUT2D eigenvalue weighted by molar-refractivity contribution is 5.74. The number of nitrogens with zero attached hydrogens (tertiary/aromatic N) is 4. The maximum atomic E-state index is 12.1. The molecule has 1 spiro atoms. The lowest BCUT2D eigenvalue weighted by Gasteiger charge is -2.39. The summed E-state index contributed by atoms with van der Waals surface area (Å²) in [4.78, 5) is 20.8. The van der Waals surface area contributed by atoms with E-state index in [2.05, 4.69) is 27.4 Å². The minimum atomic E-state index is 0.0616. The van der Waals surface area contributed by atoms with Crippen LogP contribution in [0.5, 0.6) is 0 Å². The molecule has 2 amide bonds. The molecule has 0 aliphatic carbocycles. The van der Waals surface area contributed by atoms with Gasteiger partial charge in [0, 0.05) is 32.6 Å². The molecule has 0 aromatic carbocycles. The molecular weight excluding hydrogens is 294 g/mol.